The Labute approximate surface area is 100 Å². The van der Waals surface area contributed by atoms with Gasteiger partial charge in [-0.3, -0.25) is 0 Å². The van der Waals surface area contributed by atoms with Gasteiger partial charge in [0.1, 0.15) is 5.82 Å². The Morgan fingerprint density at radius 1 is 1.24 bits per heavy atom. The van der Waals surface area contributed by atoms with Crippen LogP contribution >= 0.6 is 0 Å². The minimum Gasteiger partial charge on any atom is -0.472 e. The average molecular weight is 233 g/mol. The van der Waals surface area contributed by atoms with Crippen molar-refractivity contribution in [3.05, 3.63) is 48.2 Å². The standard InChI is InChI=1S/C14H16FNO/c1-2-6-16-9-13-8-11(3-4-14(13)15)12-5-7-17-10-12/h3-5,7-8,10,16H,2,6,9H2,1H3. The lowest BCUT2D eigenvalue weighted by Gasteiger charge is -2.06. The summed E-state index contributed by atoms with van der Waals surface area (Å²) in [7, 11) is 0. The van der Waals surface area contributed by atoms with Gasteiger partial charge in [-0.15, -0.1) is 0 Å². The van der Waals surface area contributed by atoms with Gasteiger partial charge in [0.25, 0.3) is 0 Å². The normalized spacial score (nSPS) is 10.7. The number of rotatable bonds is 5. The third kappa shape index (κ3) is 2.94. The van der Waals surface area contributed by atoms with Gasteiger partial charge in [0, 0.05) is 17.7 Å². The maximum Gasteiger partial charge on any atom is 0.127 e. The van der Waals surface area contributed by atoms with Gasteiger partial charge in [0.15, 0.2) is 0 Å². The Balaban J connectivity index is 2.18. The van der Waals surface area contributed by atoms with Gasteiger partial charge in [-0.2, -0.15) is 0 Å². The van der Waals surface area contributed by atoms with E-state index in [2.05, 4.69) is 12.2 Å². The molecule has 3 heteroatoms. The molecule has 0 aliphatic heterocycles. The second-order valence-corrected chi connectivity index (χ2v) is 3.99. The van der Waals surface area contributed by atoms with Gasteiger partial charge in [0.05, 0.1) is 12.5 Å². The van der Waals surface area contributed by atoms with Crippen LogP contribution in [0, 0.1) is 5.82 Å². The lowest BCUT2D eigenvalue weighted by molar-refractivity contribution is 0.568. The summed E-state index contributed by atoms with van der Waals surface area (Å²) >= 11 is 0. The van der Waals surface area contributed by atoms with Crippen molar-refractivity contribution in [1.29, 1.82) is 0 Å². The monoisotopic (exact) mass is 233 g/mol. The zero-order chi connectivity index (χ0) is 12.1. The molecule has 0 unspecified atom stereocenters. The second-order valence-electron chi connectivity index (χ2n) is 3.99. The third-order valence-corrected chi connectivity index (χ3v) is 2.64. The molecule has 1 N–H and O–H groups in total. The van der Waals surface area contributed by atoms with Gasteiger partial charge in [-0.25, -0.2) is 4.39 Å². The molecule has 2 nitrogen and oxygen atoms in total. The van der Waals surface area contributed by atoms with Crippen LogP contribution in [0.2, 0.25) is 0 Å². The number of benzene rings is 1. The van der Waals surface area contributed by atoms with Crippen molar-refractivity contribution in [3.8, 4) is 11.1 Å². The molecule has 0 aliphatic rings. The highest BCUT2D eigenvalue weighted by Crippen LogP contribution is 2.22. The topological polar surface area (TPSA) is 25.2 Å². The molecule has 90 valence electrons. The van der Waals surface area contributed by atoms with E-state index in [0.29, 0.717) is 12.1 Å². The van der Waals surface area contributed by atoms with E-state index >= 15 is 0 Å². The molecule has 0 spiro atoms. The summed E-state index contributed by atoms with van der Waals surface area (Å²) < 4.78 is 18.6. The maximum atomic E-state index is 13.6. The molecule has 0 saturated heterocycles. The number of furan rings is 1. The number of hydrogen-bond donors (Lipinski definition) is 1. The Bertz CT molecular complexity index is 465. The zero-order valence-corrected chi connectivity index (χ0v) is 9.87. The molecule has 0 radical (unpaired) electrons. The van der Waals surface area contributed by atoms with Gasteiger partial charge < -0.3 is 9.73 Å². The van der Waals surface area contributed by atoms with Gasteiger partial charge in [-0.05, 0) is 36.7 Å². The Morgan fingerprint density at radius 3 is 2.82 bits per heavy atom. The van der Waals surface area contributed by atoms with E-state index in [9.17, 15) is 4.39 Å². The summed E-state index contributed by atoms with van der Waals surface area (Å²) in [4.78, 5) is 0. The molecule has 1 heterocycles. The molecule has 2 rings (SSSR count). The van der Waals surface area contributed by atoms with Crippen molar-refractivity contribution in [2.24, 2.45) is 0 Å². The molecule has 0 aliphatic carbocycles. The molecule has 0 amide bonds. The molecule has 2 aromatic rings. The van der Waals surface area contributed by atoms with E-state index in [1.165, 1.54) is 6.07 Å². The molecule has 0 saturated carbocycles. The minimum absolute atomic E-state index is 0.166. The molecule has 17 heavy (non-hydrogen) atoms. The lowest BCUT2D eigenvalue weighted by Crippen LogP contribution is -2.14. The van der Waals surface area contributed by atoms with Crippen molar-refractivity contribution >= 4 is 0 Å². The molecule has 1 aromatic heterocycles. The van der Waals surface area contributed by atoms with Crippen LogP contribution in [-0.4, -0.2) is 6.54 Å². The van der Waals surface area contributed by atoms with Crippen molar-refractivity contribution in [3.63, 3.8) is 0 Å². The van der Waals surface area contributed by atoms with Crippen molar-refractivity contribution < 1.29 is 8.81 Å². The summed E-state index contributed by atoms with van der Waals surface area (Å²) in [5, 5.41) is 3.20. The Hall–Kier alpha value is -1.61. The van der Waals surface area contributed by atoms with E-state index in [1.54, 1.807) is 18.6 Å². The summed E-state index contributed by atoms with van der Waals surface area (Å²) in [5.74, 6) is -0.166. The highest BCUT2D eigenvalue weighted by molar-refractivity contribution is 5.62. The molecular formula is C14H16FNO. The number of nitrogens with one attached hydrogen (secondary N) is 1. The van der Waals surface area contributed by atoms with Crippen molar-refractivity contribution in [1.82, 2.24) is 5.32 Å². The average Bonchev–Trinajstić information content (AvgIpc) is 2.85. The summed E-state index contributed by atoms with van der Waals surface area (Å²) in [6, 6.07) is 7.01. The van der Waals surface area contributed by atoms with E-state index in [1.807, 2.05) is 12.1 Å². The fourth-order valence-electron chi connectivity index (χ4n) is 1.72. The van der Waals surface area contributed by atoms with Crippen LogP contribution in [0.15, 0.2) is 41.2 Å². The smallest absolute Gasteiger partial charge is 0.127 e. The molecule has 0 bridgehead atoms. The first kappa shape index (κ1) is 11.9. The van der Waals surface area contributed by atoms with Crippen LogP contribution in [0.4, 0.5) is 4.39 Å². The van der Waals surface area contributed by atoms with Crippen LogP contribution < -0.4 is 5.32 Å². The van der Waals surface area contributed by atoms with E-state index in [4.69, 9.17) is 4.42 Å². The summed E-state index contributed by atoms with van der Waals surface area (Å²) in [5.41, 5.74) is 2.65. The first-order valence-electron chi connectivity index (χ1n) is 5.83. The summed E-state index contributed by atoms with van der Waals surface area (Å²) in [6.45, 7) is 3.55. The first-order valence-corrected chi connectivity index (χ1v) is 5.83. The number of halogens is 1. The van der Waals surface area contributed by atoms with E-state index in [0.717, 1.165) is 24.1 Å². The maximum absolute atomic E-state index is 13.6. The molecule has 1 aromatic carbocycles. The zero-order valence-electron chi connectivity index (χ0n) is 9.87. The quantitative estimate of drug-likeness (QED) is 0.798. The van der Waals surface area contributed by atoms with E-state index < -0.39 is 0 Å². The van der Waals surface area contributed by atoms with Gasteiger partial charge >= 0.3 is 0 Å². The highest BCUT2D eigenvalue weighted by atomic mass is 19.1. The van der Waals surface area contributed by atoms with Gasteiger partial charge in [0.2, 0.25) is 0 Å². The van der Waals surface area contributed by atoms with Crippen LogP contribution in [0.1, 0.15) is 18.9 Å². The minimum atomic E-state index is -0.166. The van der Waals surface area contributed by atoms with Crippen LogP contribution in [0.3, 0.4) is 0 Å². The highest BCUT2D eigenvalue weighted by Gasteiger charge is 2.05. The predicted molar refractivity (Wildman–Crippen MR) is 66.1 cm³/mol. The fourth-order valence-corrected chi connectivity index (χ4v) is 1.72. The van der Waals surface area contributed by atoms with Crippen LogP contribution in [-0.2, 0) is 6.54 Å². The predicted octanol–water partition coefficient (Wildman–Crippen LogP) is 3.59. The fraction of sp³-hybridized carbons (Fsp3) is 0.286. The molecule has 0 fully saturated rings. The Kier molecular flexibility index (Phi) is 3.94. The largest absolute Gasteiger partial charge is 0.472 e. The molecule has 0 atom stereocenters. The van der Waals surface area contributed by atoms with Crippen molar-refractivity contribution in [2.75, 3.05) is 6.54 Å². The third-order valence-electron chi connectivity index (χ3n) is 2.64. The van der Waals surface area contributed by atoms with Crippen LogP contribution in [0.25, 0.3) is 11.1 Å². The number of hydrogen-bond acceptors (Lipinski definition) is 2. The molecular weight excluding hydrogens is 217 g/mol. The SMILES string of the molecule is CCCNCc1cc(-c2ccoc2)ccc1F. The first-order chi connectivity index (χ1) is 8.31. The van der Waals surface area contributed by atoms with Crippen LogP contribution in [0.5, 0.6) is 0 Å². The Morgan fingerprint density at radius 2 is 2.12 bits per heavy atom. The van der Waals surface area contributed by atoms with E-state index in [-0.39, 0.29) is 5.82 Å². The second kappa shape index (κ2) is 5.64. The van der Waals surface area contributed by atoms with Gasteiger partial charge in [-0.1, -0.05) is 13.0 Å². The lowest BCUT2D eigenvalue weighted by atomic mass is 10.1. The summed E-state index contributed by atoms with van der Waals surface area (Å²) in [6.07, 6.45) is 4.33. The van der Waals surface area contributed by atoms with Crippen molar-refractivity contribution in [2.45, 2.75) is 19.9 Å².